The number of hydrogen-bond acceptors (Lipinski definition) is 4. The summed E-state index contributed by atoms with van der Waals surface area (Å²) in [5.74, 6) is 0.775. The molecule has 1 aliphatic heterocycles. The minimum absolute atomic E-state index is 0.0280. The summed E-state index contributed by atoms with van der Waals surface area (Å²) in [7, 11) is 0. The fourth-order valence-electron chi connectivity index (χ4n) is 4.55. The van der Waals surface area contributed by atoms with Gasteiger partial charge in [0.2, 0.25) is 0 Å². The fraction of sp³-hybridized carbons (Fsp3) is 0.545. The second-order valence-corrected chi connectivity index (χ2v) is 8.13. The van der Waals surface area contributed by atoms with Crippen LogP contribution in [-0.4, -0.2) is 50.7 Å². The molecule has 2 aromatic rings. The summed E-state index contributed by atoms with van der Waals surface area (Å²) in [5, 5.41) is 13.7. The third-order valence-corrected chi connectivity index (χ3v) is 6.19. The number of benzene rings is 1. The Labute approximate surface area is 166 Å². The third-order valence-electron chi connectivity index (χ3n) is 6.19. The molecule has 0 bridgehead atoms. The number of nitrogens with zero attached hydrogens (tertiary/aromatic N) is 3. The predicted molar refractivity (Wildman–Crippen MR) is 108 cm³/mol. The van der Waals surface area contributed by atoms with Gasteiger partial charge in [-0.05, 0) is 63.4 Å². The Morgan fingerprint density at radius 2 is 1.93 bits per heavy atom. The highest BCUT2D eigenvalue weighted by atomic mass is 16.3. The molecule has 150 valence electrons. The van der Waals surface area contributed by atoms with Gasteiger partial charge in [0.1, 0.15) is 5.82 Å². The van der Waals surface area contributed by atoms with E-state index in [1.54, 1.807) is 6.20 Å². The summed E-state index contributed by atoms with van der Waals surface area (Å²) in [5.41, 5.74) is 1.90. The van der Waals surface area contributed by atoms with E-state index in [2.05, 4.69) is 15.2 Å². The van der Waals surface area contributed by atoms with Crippen LogP contribution in [0.25, 0.3) is 0 Å². The number of aryl methyl sites for hydroxylation is 1. The van der Waals surface area contributed by atoms with E-state index in [0.29, 0.717) is 5.56 Å². The maximum Gasteiger partial charge on any atom is 0.251 e. The van der Waals surface area contributed by atoms with Crippen LogP contribution in [0.1, 0.15) is 59.9 Å². The fourth-order valence-corrected chi connectivity index (χ4v) is 4.55. The molecule has 0 spiro atoms. The maximum absolute atomic E-state index is 12.7. The molecule has 2 fully saturated rings. The highest BCUT2D eigenvalue weighted by Crippen LogP contribution is 2.31. The van der Waals surface area contributed by atoms with Gasteiger partial charge in [0.05, 0.1) is 18.2 Å². The lowest BCUT2D eigenvalue weighted by Gasteiger charge is -2.26. The van der Waals surface area contributed by atoms with Gasteiger partial charge < -0.3 is 15.0 Å². The van der Waals surface area contributed by atoms with Crippen molar-refractivity contribution in [1.29, 1.82) is 0 Å². The van der Waals surface area contributed by atoms with Crippen LogP contribution < -0.4 is 5.32 Å². The molecule has 3 atom stereocenters. The average molecular weight is 383 g/mol. The Morgan fingerprint density at radius 1 is 1.18 bits per heavy atom. The Bertz CT molecular complexity index is 795. The maximum atomic E-state index is 12.7. The number of nitrogens with one attached hydrogen (secondary N) is 1. The van der Waals surface area contributed by atoms with Crippen molar-refractivity contribution < 1.29 is 9.90 Å². The number of rotatable bonds is 5. The molecule has 1 aromatic heterocycles. The predicted octanol–water partition coefficient (Wildman–Crippen LogP) is 2.67. The number of carbonyl (C=O) groups is 1. The van der Waals surface area contributed by atoms with Crippen LogP contribution in [0.4, 0.5) is 0 Å². The first-order valence-corrected chi connectivity index (χ1v) is 10.4. The first-order chi connectivity index (χ1) is 13.6. The monoisotopic (exact) mass is 382 g/mol. The number of imidazole rings is 1. The number of aromatic nitrogens is 2. The van der Waals surface area contributed by atoms with E-state index in [0.717, 1.165) is 25.2 Å². The van der Waals surface area contributed by atoms with Gasteiger partial charge in [0.25, 0.3) is 5.91 Å². The van der Waals surface area contributed by atoms with Crippen LogP contribution in [0.2, 0.25) is 0 Å². The molecular weight excluding hydrogens is 352 g/mol. The minimum atomic E-state index is -0.602. The lowest BCUT2D eigenvalue weighted by Crippen LogP contribution is -2.42. The van der Waals surface area contributed by atoms with E-state index in [9.17, 15) is 9.90 Å². The first kappa shape index (κ1) is 19.2. The van der Waals surface area contributed by atoms with Crippen LogP contribution in [0.15, 0.2) is 36.7 Å². The molecule has 0 radical (unpaired) electrons. The van der Waals surface area contributed by atoms with E-state index in [4.69, 9.17) is 0 Å². The molecule has 1 aliphatic carbocycles. The summed E-state index contributed by atoms with van der Waals surface area (Å²) >= 11 is 0. The van der Waals surface area contributed by atoms with Gasteiger partial charge in [0, 0.05) is 24.5 Å². The zero-order chi connectivity index (χ0) is 19.5. The van der Waals surface area contributed by atoms with Crippen molar-refractivity contribution in [3.05, 3.63) is 53.6 Å². The third kappa shape index (κ3) is 4.13. The SMILES string of the molecule is Cc1nccn1[C@@H]1CC[C@@H](NC(=O)c2ccc(CN3CCCCC3)cc2)[C@H]1O. The molecule has 4 rings (SSSR count). The van der Waals surface area contributed by atoms with Crippen LogP contribution >= 0.6 is 0 Å². The molecule has 2 aliphatic rings. The molecule has 1 aromatic carbocycles. The molecule has 28 heavy (non-hydrogen) atoms. The molecular formula is C22H30N4O2. The topological polar surface area (TPSA) is 70.4 Å². The van der Waals surface area contributed by atoms with Gasteiger partial charge in [-0.15, -0.1) is 0 Å². The minimum Gasteiger partial charge on any atom is -0.389 e. The average Bonchev–Trinajstić information content (AvgIpc) is 3.29. The van der Waals surface area contributed by atoms with Gasteiger partial charge in [-0.2, -0.15) is 0 Å². The molecule has 1 saturated carbocycles. The molecule has 6 heteroatoms. The Kier molecular flexibility index (Phi) is 5.78. The van der Waals surface area contributed by atoms with Crippen molar-refractivity contribution in [2.45, 2.75) is 63.8 Å². The Hall–Kier alpha value is -2.18. The van der Waals surface area contributed by atoms with Crippen molar-refractivity contribution in [3.63, 3.8) is 0 Å². The van der Waals surface area contributed by atoms with Crippen molar-refractivity contribution in [2.75, 3.05) is 13.1 Å². The molecule has 2 N–H and O–H groups in total. The number of amides is 1. The highest BCUT2D eigenvalue weighted by molar-refractivity contribution is 5.94. The van der Waals surface area contributed by atoms with Crippen molar-refractivity contribution in [2.24, 2.45) is 0 Å². The first-order valence-electron chi connectivity index (χ1n) is 10.4. The largest absolute Gasteiger partial charge is 0.389 e. The van der Waals surface area contributed by atoms with Crippen molar-refractivity contribution in [1.82, 2.24) is 19.8 Å². The number of piperidine rings is 1. The van der Waals surface area contributed by atoms with Crippen LogP contribution in [0.3, 0.4) is 0 Å². The van der Waals surface area contributed by atoms with E-state index in [-0.39, 0.29) is 18.0 Å². The summed E-state index contributed by atoms with van der Waals surface area (Å²) in [6.07, 6.45) is 8.54. The van der Waals surface area contributed by atoms with Gasteiger partial charge in [-0.1, -0.05) is 18.6 Å². The second-order valence-electron chi connectivity index (χ2n) is 8.13. The zero-order valence-corrected chi connectivity index (χ0v) is 16.6. The lowest BCUT2D eigenvalue weighted by molar-refractivity contribution is 0.0812. The van der Waals surface area contributed by atoms with Crippen LogP contribution in [-0.2, 0) is 6.54 Å². The van der Waals surface area contributed by atoms with Gasteiger partial charge in [-0.25, -0.2) is 4.98 Å². The molecule has 0 unspecified atom stereocenters. The number of aliphatic hydroxyl groups is 1. The van der Waals surface area contributed by atoms with E-state index in [1.165, 1.54) is 37.9 Å². The molecule has 1 saturated heterocycles. The Morgan fingerprint density at radius 3 is 2.61 bits per heavy atom. The standard InChI is InChI=1S/C22H30N4O2/c1-16-23-11-14-26(16)20-10-9-19(21(20)27)24-22(28)18-7-5-17(6-8-18)15-25-12-3-2-4-13-25/h5-8,11,14,19-21,27H,2-4,9-10,12-13,15H2,1H3,(H,24,28)/t19-,20-,21-/m1/s1. The Balaban J connectivity index is 1.34. The van der Waals surface area contributed by atoms with Crippen LogP contribution in [0, 0.1) is 6.92 Å². The lowest BCUT2D eigenvalue weighted by atomic mass is 10.1. The van der Waals surface area contributed by atoms with Gasteiger partial charge in [0.15, 0.2) is 0 Å². The van der Waals surface area contributed by atoms with E-state index < -0.39 is 6.10 Å². The van der Waals surface area contributed by atoms with E-state index in [1.807, 2.05) is 42.0 Å². The number of carbonyl (C=O) groups excluding carboxylic acids is 1. The summed E-state index contributed by atoms with van der Waals surface area (Å²) < 4.78 is 2.01. The van der Waals surface area contributed by atoms with Crippen molar-refractivity contribution in [3.8, 4) is 0 Å². The summed E-state index contributed by atoms with van der Waals surface area (Å²) in [6, 6.07) is 7.63. The van der Waals surface area contributed by atoms with Gasteiger partial charge >= 0.3 is 0 Å². The number of aliphatic hydroxyl groups excluding tert-OH is 1. The van der Waals surface area contributed by atoms with Gasteiger partial charge in [-0.3, -0.25) is 9.69 Å². The highest BCUT2D eigenvalue weighted by Gasteiger charge is 2.37. The van der Waals surface area contributed by atoms with Crippen molar-refractivity contribution >= 4 is 5.91 Å². The normalized spacial score (nSPS) is 25.7. The number of likely N-dealkylation sites (tertiary alicyclic amines) is 1. The zero-order valence-electron chi connectivity index (χ0n) is 16.6. The smallest absolute Gasteiger partial charge is 0.251 e. The quantitative estimate of drug-likeness (QED) is 0.834. The molecule has 6 nitrogen and oxygen atoms in total. The van der Waals surface area contributed by atoms with E-state index >= 15 is 0 Å². The summed E-state index contributed by atoms with van der Waals surface area (Å²) in [6.45, 7) is 5.22. The second kappa shape index (κ2) is 8.45. The summed E-state index contributed by atoms with van der Waals surface area (Å²) in [4.78, 5) is 19.4. The number of hydrogen-bond donors (Lipinski definition) is 2. The molecule has 2 heterocycles. The molecule has 1 amide bonds. The van der Waals surface area contributed by atoms with Crippen LogP contribution in [0.5, 0.6) is 0 Å².